The maximum absolute atomic E-state index is 12.7. The van der Waals surface area contributed by atoms with Crippen LogP contribution in [-0.2, 0) is 6.54 Å². The summed E-state index contributed by atoms with van der Waals surface area (Å²) in [4.78, 5) is 21.3. The summed E-state index contributed by atoms with van der Waals surface area (Å²) < 4.78 is 0. The van der Waals surface area contributed by atoms with E-state index in [0.29, 0.717) is 11.6 Å². The van der Waals surface area contributed by atoms with E-state index < -0.39 is 0 Å². The highest BCUT2D eigenvalue weighted by atomic mass is 16.2. The van der Waals surface area contributed by atoms with E-state index in [9.17, 15) is 4.79 Å². The average molecular weight is 311 g/mol. The number of aromatic amines is 1. The van der Waals surface area contributed by atoms with Crippen molar-refractivity contribution in [2.45, 2.75) is 25.9 Å². The number of carbonyl (C=O) groups excluding carboxylic acids is 1. The standard InChI is InChI=1S/C17H21N5O/c1-12-15(8-19-20-12)17(23)21-6-4-14-10-22(16(14)11-21)9-13-3-2-5-18-7-13/h2-3,5,7-8,14,16H,4,6,9-11H2,1H3,(H,19,20)/t14-,16-/m1/s1. The predicted octanol–water partition coefficient (Wildman–Crippen LogP) is 1.46. The van der Waals surface area contributed by atoms with Crippen LogP contribution in [-0.4, -0.2) is 56.6 Å². The number of hydrogen-bond donors (Lipinski definition) is 1. The molecule has 120 valence electrons. The number of likely N-dealkylation sites (tertiary alicyclic amines) is 2. The third kappa shape index (κ3) is 2.63. The molecule has 2 fully saturated rings. The van der Waals surface area contributed by atoms with Crippen molar-refractivity contribution in [1.29, 1.82) is 0 Å². The van der Waals surface area contributed by atoms with Crippen LogP contribution >= 0.6 is 0 Å². The third-order valence-corrected chi connectivity index (χ3v) is 5.12. The van der Waals surface area contributed by atoms with E-state index >= 15 is 0 Å². The van der Waals surface area contributed by atoms with Gasteiger partial charge in [0.2, 0.25) is 0 Å². The van der Waals surface area contributed by atoms with Gasteiger partial charge >= 0.3 is 0 Å². The zero-order valence-electron chi connectivity index (χ0n) is 13.3. The molecule has 2 saturated heterocycles. The van der Waals surface area contributed by atoms with Gasteiger partial charge in [-0.2, -0.15) is 5.10 Å². The van der Waals surface area contributed by atoms with E-state index in [1.807, 2.05) is 24.1 Å². The van der Waals surface area contributed by atoms with E-state index in [1.165, 1.54) is 5.56 Å². The fourth-order valence-corrected chi connectivity index (χ4v) is 3.73. The summed E-state index contributed by atoms with van der Waals surface area (Å²) in [6.45, 7) is 5.61. The first-order valence-corrected chi connectivity index (χ1v) is 8.14. The number of nitrogens with zero attached hydrogens (tertiary/aromatic N) is 4. The molecule has 0 aromatic carbocycles. The second-order valence-corrected chi connectivity index (χ2v) is 6.57. The van der Waals surface area contributed by atoms with Crippen molar-refractivity contribution in [3.8, 4) is 0 Å². The Morgan fingerprint density at radius 1 is 1.39 bits per heavy atom. The number of hydrogen-bond acceptors (Lipinski definition) is 4. The Morgan fingerprint density at radius 2 is 2.30 bits per heavy atom. The van der Waals surface area contributed by atoms with Crippen molar-refractivity contribution in [3.63, 3.8) is 0 Å². The number of carbonyl (C=O) groups is 1. The SMILES string of the molecule is Cc1[nH]ncc1C(=O)N1CC[C@@H]2CN(Cc3cccnc3)[C@@H]2C1. The smallest absolute Gasteiger partial charge is 0.257 e. The van der Waals surface area contributed by atoms with Crippen molar-refractivity contribution >= 4 is 5.91 Å². The summed E-state index contributed by atoms with van der Waals surface area (Å²) in [5, 5.41) is 6.82. The molecule has 0 bridgehead atoms. The molecule has 4 heterocycles. The van der Waals surface area contributed by atoms with Crippen LogP contribution in [0.15, 0.2) is 30.7 Å². The number of aromatic nitrogens is 3. The van der Waals surface area contributed by atoms with Crippen LogP contribution in [0.5, 0.6) is 0 Å². The van der Waals surface area contributed by atoms with Gasteiger partial charge in [0.15, 0.2) is 0 Å². The van der Waals surface area contributed by atoms with Gasteiger partial charge in [0, 0.05) is 50.3 Å². The Balaban J connectivity index is 1.42. The van der Waals surface area contributed by atoms with Gasteiger partial charge in [0.05, 0.1) is 11.8 Å². The Morgan fingerprint density at radius 3 is 3.04 bits per heavy atom. The zero-order valence-corrected chi connectivity index (χ0v) is 13.3. The van der Waals surface area contributed by atoms with Crippen LogP contribution in [0.25, 0.3) is 0 Å². The summed E-state index contributed by atoms with van der Waals surface area (Å²) in [6.07, 6.45) is 6.46. The summed E-state index contributed by atoms with van der Waals surface area (Å²) in [7, 11) is 0. The van der Waals surface area contributed by atoms with Gasteiger partial charge in [0.25, 0.3) is 5.91 Å². The Bertz CT molecular complexity index is 698. The summed E-state index contributed by atoms with van der Waals surface area (Å²) in [6, 6.07) is 4.56. The molecule has 0 unspecified atom stereocenters. The van der Waals surface area contributed by atoms with Gasteiger partial charge in [-0.3, -0.25) is 19.8 Å². The number of fused-ring (bicyclic) bond motifs is 1. The van der Waals surface area contributed by atoms with Gasteiger partial charge in [0.1, 0.15) is 0 Å². The maximum Gasteiger partial charge on any atom is 0.257 e. The minimum absolute atomic E-state index is 0.0999. The predicted molar refractivity (Wildman–Crippen MR) is 85.8 cm³/mol. The first-order chi connectivity index (χ1) is 11.2. The maximum atomic E-state index is 12.7. The van der Waals surface area contributed by atoms with E-state index in [1.54, 1.807) is 12.4 Å². The molecule has 23 heavy (non-hydrogen) atoms. The minimum Gasteiger partial charge on any atom is -0.337 e. The van der Waals surface area contributed by atoms with Gasteiger partial charge in [-0.15, -0.1) is 0 Å². The molecule has 0 radical (unpaired) electrons. The fraction of sp³-hybridized carbons (Fsp3) is 0.471. The number of amides is 1. The van der Waals surface area contributed by atoms with Crippen LogP contribution in [0, 0.1) is 12.8 Å². The number of rotatable bonds is 3. The molecule has 2 atom stereocenters. The number of pyridine rings is 1. The topological polar surface area (TPSA) is 65.1 Å². The molecule has 2 aromatic heterocycles. The summed E-state index contributed by atoms with van der Waals surface area (Å²) in [5.41, 5.74) is 2.78. The highest BCUT2D eigenvalue weighted by Crippen LogP contribution is 2.34. The highest BCUT2D eigenvalue weighted by molar-refractivity contribution is 5.95. The van der Waals surface area contributed by atoms with Gasteiger partial charge in [-0.05, 0) is 30.9 Å². The van der Waals surface area contributed by atoms with Crippen molar-refractivity contribution in [3.05, 3.63) is 47.5 Å². The molecule has 6 heteroatoms. The number of nitrogens with one attached hydrogen (secondary N) is 1. The van der Waals surface area contributed by atoms with Crippen LogP contribution in [0.3, 0.4) is 0 Å². The van der Waals surface area contributed by atoms with E-state index in [-0.39, 0.29) is 5.91 Å². The van der Waals surface area contributed by atoms with Gasteiger partial charge < -0.3 is 4.90 Å². The van der Waals surface area contributed by atoms with Crippen molar-refractivity contribution in [2.24, 2.45) is 5.92 Å². The largest absolute Gasteiger partial charge is 0.337 e. The van der Waals surface area contributed by atoms with E-state index in [4.69, 9.17) is 0 Å². The first-order valence-electron chi connectivity index (χ1n) is 8.14. The molecular weight excluding hydrogens is 290 g/mol. The Kier molecular flexibility index (Phi) is 3.61. The molecule has 0 spiro atoms. The summed E-state index contributed by atoms with van der Waals surface area (Å²) in [5.74, 6) is 0.823. The molecule has 2 aliphatic heterocycles. The molecule has 4 rings (SSSR count). The van der Waals surface area contributed by atoms with Gasteiger partial charge in [-0.25, -0.2) is 0 Å². The highest BCUT2D eigenvalue weighted by Gasteiger charge is 2.43. The van der Waals surface area contributed by atoms with Crippen molar-refractivity contribution < 1.29 is 4.79 Å². The van der Waals surface area contributed by atoms with Crippen LogP contribution in [0.4, 0.5) is 0 Å². The monoisotopic (exact) mass is 311 g/mol. The number of H-pyrrole nitrogens is 1. The summed E-state index contributed by atoms with van der Waals surface area (Å²) >= 11 is 0. The number of aryl methyl sites for hydroxylation is 1. The molecular formula is C17H21N5O. The van der Waals surface area contributed by atoms with Gasteiger partial charge in [-0.1, -0.05) is 6.07 Å². The van der Waals surface area contributed by atoms with Crippen molar-refractivity contribution in [1.82, 2.24) is 25.0 Å². The molecule has 6 nitrogen and oxygen atoms in total. The third-order valence-electron chi connectivity index (χ3n) is 5.12. The Hall–Kier alpha value is -2.21. The van der Waals surface area contributed by atoms with Crippen LogP contribution in [0.1, 0.15) is 28.0 Å². The second-order valence-electron chi connectivity index (χ2n) is 6.57. The number of piperidine rings is 1. The zero-order chi connectivity index (χ0) is 15.8. The molecule has 2 aliphatic rings. The lowest BCUT2D eigenvalue weighted by molar-refractivity contribution is -0.0428. The molecule has 2 aromatic rings. The first kappa shape index (κ1) is 14.4. The normalized spacial score (nSPS) is 24.1. The van der Waals surface area contributed by atoms with E-state index in [2.05, 4.69) is 26.1 Å². The van der Waals surface area contributed by atoms with Crippen LogP contribution in [0.2, 0.25) is 0 Å². The Labute approximate surface area is 135 Å². The second kappa shape index (κ2) is 5.77. The van der Waals surface area contributed by atoms with E-state index in [0.717, 1.165) is 44.2 Å². The lowest BCUT2D eigenvalue weighted by Crippen LogP contribution is -2.64. The minimum atomic E-state index is 0.0999. The van der Waals surface area contributed by atoms with Crippen molar-refractivity contribution in [2.75, 3.05) is 19.6 Å². The molecule has 1 amide bonds. The molecule has 0 aliphatic carbocycles. The molecule has 1 N–H and O–H groups in total. The quantitative estimate of drug-likeness (QED) is 0.932. The lowest BCUT2D eigenvalue weighted by Gasteiger charge is -2.53. The average Bonchev–Trinajstić information content (AvgIpc) is 2.99. The molecule has 0 saturated carbocycles. The van der Waals surface area contributed by atoms with Crippen LogP contribution < -0.4 is 0 Å². The fourth-order valence-electron chi connectivity index (χ4n) is 3.73. The lowest BCUT2D eigenvalue weighted by atomic mass is 9.82.